The number of likely N-dealkylation sites (N-methyl/N-ethyl adjacent to an activating group) is 1. The largest absolute Gasteiger partial charge is 0.492 e. The van der Waals surface area contributed by atoms with E-state index < -0.39 is 0 Å². The van der Waals surface area contributed by atoms with Gasteiger partial charge >= 0.3 is 0 Å². The smallest absolute Gasteiger partial charge is 0.257 e. The lowest BCUT2D eigenvalue weighted by atomic mass is 10.1. The molecule has 7 heteroatoms. The number of nitrogens with one attached hydrogen (secondary N) is 1. The number of hydrogen-bond donors (Lipinski definition) is 1. The normalized spacial score (nSPS) is 11.2. The molecule has 0 saturated heterocycles. The van der Waals surface area contributed by atoms with Crippen molar-refractivity contribution in [1.29, 1.82) is 0 Å². The van der Waals surface area contributed by atoms with E-state index in [-0.39, 0.29) is 5.56 Å². The summed E-state index contributed by atoms with van der Waals surface area (Å²) in [6, 6.07) is 11.4. The molecule has 3 heterocycles. The Hall–Kier alpha value is -3.03. The van der Waals surface area contributed by atoms with Gasteiger partial charge in [-0.25, -0.2) is 4.98 Å². The van der Waals surface area contributed by atoms with Gasteiger partial charge in [-0.05, 0) is 49.8 Å². The molecular weight excluding hydrogens is 372 g/mol. The Labute approximate surface area is 166 Å². The molecule has 28 heavy (non-hydrogen) atoms. The first-order valence-corrected chi connectivity index (χ1v) is 9.79. The molecule has 0 atom stereocenters. The van der Waals surface area contributed by atoms with Crippen LogP contribution in [0.3, 0.4) is 0 Å². The Morgan fingerprint density at radius 2 is 1.96 bits per heavy atom. The minimum atomic E-state index is -0.162. The summed E-state index contributed by atoms with van der Waals surface area (Å²) in [7, 11) is 4.00. The quantitative estimate of drug-likeness (QED) is 0.542. The minimum Gasteiger partial charge on any atom is -0.492 e. The van der Waals surface area contributed by atoms with E-state index in [2.05, 4.69) is 19.9 Å². The maximum Gasteiger partial charge on any atom is 0.257 e. The summed E-state index contributed by atoms with van der Waals surface area (Å²) in [5.41, 5.74) is 2.81. The molecule has 0 amide bonds. The summed E-state index contributed by atoms with van der Waals surface area (Å²) in [5.74, 6) is 0.742. The molecule has 0 spiro atoms. The molecule has 0 saturated carbocycles. The van der Waals surface area contributed by atoms with E-state index in [0.717, 1.165) is 33.8 Å². The van der Waals surface area contributed by atoms with Gasteiger partial charge in [-0.2, -0.15) is 0 Å². The number of pyridine rings is 2. The van der Waals surface area contributed by atoms with E-state index in [1.165, 1.54) is 11.3 Å². The fourth-order valence-corrected chi connectivity index (χ4v) is 3.66. The Morgan fingerprint density at radius 3 is 2.75 bits per heavy atom. The lowest BCUT2D eigenvalue weighted by Gasteiger charge is -2.11. The van der Waals surface area contributed by atoms with Crippen LogP contribution in [0.4, 0.5) is 0 Å². The standard InChI is InChI=1S/C21H20N4O2S/c1-25(2)9-10-27-16-4-3-15-11-17(20(26)23-18(15)12-16)19-13-28-21(24-19)14-5-7-22-8-6-14/h3-8,11-13H,9-10H2,1-2H3,(H,23,26). The number of fused-ring (bicyclic) bond motifs is 1. The van der Waals surface area contributed by atoms with E-state index in [1.54, 1.807) is 12.4 Å². The Bertz CT molecular complexity index is 1150. The van der Waals surface area contributed by atoms with Gasteiger partial charge in [0.25, 0.3) is 5.56 Å². The number of benzene rings is 1. The summed E-state index contributed by atoms with van der Waals surface area (Å²) < 4.78 is 5.75. The molecule has 0 fully saturated rings. The lowest BCUT2D eigenvalue weighted by molar-refractivity contribution is 0.261. The molecule has 3 aromatic heterocycles. The molecular formula is C21H20N4O2S. The molecule has 0 radical (unpaired) electrons. The van der Waals surface area contributed by atoms with Crippen molar-refractivity contribution in [3.63, 3.8) is 0 Å². The van der Waals surface area contributed by atoms with Crippen LogP contribution in [0.1, 0.15) is 0 Å². The molecule has 6 nitrogen and oxygen atoms in total. The third kappa shape index (κ3) is 3.95. The van der Waals surface area contributed by atoms with Gasteiger partial charge in [0, 0.05) is 35.9 Å². The van der Waals surface area contributed by atoms with E-state index in [1.807, 2.05) is 55.9 Å². The zero-order chi connectivity index (χ0) is 19.5. The van der Waals surface area contributed by atoms with Crippen molar-refractivity contribution < 1.29 is 4.74 Å². The highest BCUT2D eigenvalue weighted by molar-refractivity contribution is 7.13. The number of hydrogen-bond acceptors (Lipinski definition) is 6. The van der Waals surface area contributed by atoms with E-state index in [9.17, 15) is 4.79 Å². The van der Waals surface area contributed by atoms with Crippen molar-refractivity contribution in [3.8, 4) is 27.6 Å². The topological polar surface area (TPSA) is 71.1 Å². The molecule has 0 aliphatic rings. The highest BCUT2D eigenvalue weighted by atomic mass is 32.1. The third-order valence-corrected chi connectivity index (χ3v) is 5.22. The first-order valence-electron chi connectivity index (χ1n) is 8.91. The lowest BCUT2D eigenvalue weighted by Crippen LogP contribution is -2.19. The van der Waals surface area contributed by atoms with Gasteiger partial charge in [0.15, 0.2) is 0 Å². The number of ether oxygens (including phenoxy) is 1. The minimum absolute atomic E-state index is 0.162. The second kappa shape index (κ2) is 7.92. The van der Waals surface area contributed by atoms with Crippen LogP contribution in [0, 0.1) is 0 Å². The zero-order valence-corrected chi connectivity index (χ0v) is 16.5. The fourth-order valence-electron chi connectivity index (χ4n) is 2.83. The van der Waals surface area contributed by atoms with Gasteiger partial charge in [-0.15, -0.1) is 11.3 Å². The summed E-state index contributed by atoms with van der Waals surface area (Å²) in [4.78, 5) is 26.3. The molecule has 4 rings (SSSR count). The highest BCUT2D eigenvalue weighted by Crippen LogP contribution is 2.28. The highest BCUT2D eigenvalue weighted by Gasteiger charge is 2.11. The van der Waals surface area contributed by atoms with Crippen LogP contribution in [0.15, 0.2) is 59.0 Å². The van der Waals surface area contributed by atoms with Gasteiger partial charge < -0.3 is 14.6 Å². The zero-order valence-electron chi connectivity index (χ0n) is 15.7. The van der Waals surface area contributed by atoms with Gasteiger partial charge in [-0.1, -0.05) is 0 Å². The average molecular weight is 392 g/mol. The third-order valence-electron chi connectivity index (χ3n) is 4.33. The van der Waals surface area contributed by atoms with E-state index >= 15 is 0 Å². The predicted octanol–water partition coefficient (Wildman–Crippen LogP) is 3.65. The van der Waals surface area contributed by atoms with E-state index in [0.29, 0.717) is 17.9 Å². The van der Waals surface area contributed by atoms with Crippen molar-refractivity contribution >= 4 is 22.2 Å². The van der Waals surface area contributed by atoms with Gasteiger partial charge in [0.1, 0.15) is 17.4 Å². The van der Waals surface area contributed by atoms with Crippen molar-refractivity contribution in [2.75, 3.05) is 27.2 Å². The summed E-state index contributed by atoms with van der Waals surface area (Å²) in [5, 5.41) is 3.71. The van der Waals surface area contributed by atoms with Crippen LogP contribution in [-0.4, -0.2) is 47.1 Å². The molecule has 1 aromatic carbocycles. The Morgan fingerprint density at radius 1 is 1.14 bits per heavy atom. The van der Waals surface area contributed by atoms with E-state index in [4.69, 9.17) is 4.74 Å². The first kappa shape index (κ1) is 18.3. The Balaban J connectivity index is 1.63. The van der Waals surface area contributed by atoms with Crippen LogP contribution < -0.4 is 10.3 Å². The molecule has 142 valence electrons. The van der Waals surface area contributed by atoms with Gasteiger partial charge in [0.2, 0.25) is 0 Å². The van der Waals surface area contributed by atoms with Crippen molar-refractivity contribution in [3.05, 3.63) is 64.5 Å². The van der Waals surface area contributed by atoms with Crippen molar-refractivity contribution in [1.82, 2.24) is 19.9 Å². The molecule has 0 aliphatic carbocycles. The summed E-state index contributed by atoms with van der Waals surface area (Å²) in [6.07, 6.45) is 3.47. The second-order valence-electron chi connectivity index (χ2n) is 6.69. The fraction of sp³-hybridized carbons (Fsp3) is 0.190. The van der Waals surface area contributed by atoms with Crippen molar-refractivity contribution in [2.45, 2.75) is 0 Å². The molecule has 1 N–H and O–H groups in total. The summed E-state index contributed by atoms with van der Waals surface area (Å²) in [6.45, 7) is 1.43. The maximum absolute atomic E-state index is 12.6. The number of nitrogens with zero attached hydrogens (tertiary/aromatic N) is 3. The first-order chi connectivity index (χ1) is 13.6. The van der Waals surface area contributed by atoms with Gasteiger partial charge in [-0.3, -0.25) is 9.78 Å². The molecule has 0 unspecified atom stereocenters. The number of rotatable bonds is 6. The molecule has 0 bridgehead atoms. The molecule has 0 aliphatic heterocycles. The number of aromatic amines is 1. The van der Waals surface area contributed by atoms with Crippen molar-refractivity contribution in [2.24, 2.45) is 0 Å². The van der Waals surface area contributed by atoms with Crippen LogP contribution in [-0.2, 0) is 0 Å². The number of aromatic nitrogens is 3. The number of thiazole rings is 1. The number of H-pyrrole nitrogens is 1. The maximum atomic E-state index is 12.6. The predicted molar refractivity (Wildman–Crippen MR) is 113 cm³/mol. The Kier molecular flexibility index (Phi) is 5.18. The van der Waals surface area contributed by atoms with Crippen LogP contribution in [0.5, 0.6) is 5.75 Å². The summed E-state index contributed by atoms with van der Waals surface area (Å²) >= 11 is 1.51. The van der Waals surface area contributed by atoms with Gasteiger partial charge in [0.05, 0.1) is 16.8 Å². The monoisotopic (exact) mass is 392 g/mol. The van der Waals surface area contributed by atoms with Crippen LogP contribution >= 0.6 is 11.3 Å². The molecule has 4 aromatic rings. The SMILES string of the molecule is CN(C)CCOc1ccc2cc(-c3csc(-c4ccncc4)n3)c(=O)[nH]c2c1. The average Bonchev–Trinajstić information content (AvgIpc) is 3.18. The second-order valence-corrected chi connectivity index (χ2v) is 7.54. The van der Waals surface area contributed by atoms with Crippen LogP contribution in [0.2, 0.25) is 0 Å². The van der Waals surface area contributed by atoms with Crippen LogP contribution in [0.25, 0.3) is 32.7 Å².